The van der Waals surface area contributed by atoms with Crippen LogP contribution in [0.25, 0.3) is 44.4 Å². The van der Waals surface area contributed by atoms with E-state index in [1.165, 1.54) is 54.2 Å². The number of pyridine rings is 1. The number of nitrogens with zero attached hydrogens (tertiary/aromatic N) is 4. The molecule has 0 saturated carbocycles. The van der Waals surface area contributed by atoms with Crippen LogP contribution in [-0.4, -0.2) is 19.3 Å². The average Bonchev–Trinajstić information content (AvgIpc) is 3.63. The Kier molecular flexibility index (Phi) is 12.6. The van der Waals surface area contributed by atoms with Gasteiger partial charge in [0.1, 0.15) is 5.82 Å². The topological polar surface area (TPSA) is 44.9 Å². The molecule has 0 amide bonds. The van der Waals surface area contributed by atoms with E-state index in [2.05, 4.69) is 138 Å². The van der Waals surface area contributed by atoms with Gasteiger partial charge in [0.2, 0.25) is 0 Å². The number of aromatic nitrogens is 4. The SMILES string of the molecule is CCCCCc1cc(Oc2[c-]c3c(cc2)c2cc(C(C)CCCC(C)C)ccc2n3-c2cc(C)ccn2)[c-]c(-n2nc(C)c(-c3ccccc3)c2C)c1.[Pt+2]. The van der Waals surface area contributed by atoms with Crippen molar-refractivity contribution in [1.82, 2.24) is 19.3 Å². The molecule has 0 radical (unpaired) electrons. The second-order valence-corrected chi connectivity index (χ2v) is 15.2. The molecule has 0 fully saturated rings. The van der Waals surface area contributed by atoms with Crippen molar-refractivity contribution in [2.45, 2.75) is 99.3 Å². The third kappa shape index (κ3) is 8.42. The van der Waals surface area contributed by atoms with Crippen molar-refractivity contribution in [1.29, 1.82) is 0 Å². The Hall–Kier alpha value is -4.47. The Balaban J connectivity index is 0.00000497. The van der Waals surface area contributed by atoms with E-state index in [9.17, 15) is 0 Å². The van der Waals surface area contributed by atoms with Gasteiger partial charge in [-0.2, -0.15) is 16.7 Å². The van der Waals surface area contributed by atoms with Crippen LogP contribution in [0.5, 0.6) is 11.5 Å². The van der Waals surface area contributed by atoms with Gasteiger partial charge in [0.25, 0.3) is 0 Å². The van der Waals surface area contributed by atoms with Crippen molar-refractivity contribution in [3.05, 3.63) is 131 Å². The first-order valence-corrected chi connectivity index (χ1v) is 19.5. The zero-order valence-electron chi connectivity index (χ0n) is 32.8. The molecule has 3 heterocycles. The normalized spacial score (nSPS) is 12.1. The molecule has 7 rings (SSSR count). The minimum absolute atomic E-state index is 0. The Morgan fingerprint density at radius 2 is 1.59 bits per heavy atom. The number of rotatable bonds is 14. The van der Waals surface area contributed by atoms with Crippen LogP contribution in [0.3, 0.4) is 0 Å². The summed E-state index contributed by atoms with van der Waals surface area (Å²) in [5.74, 6) is 3.40. The molecule has 5 nitrogen and oxygen atoms in total. The smallest absolute Gasteiger partial charge is 0.509 e. The van der Waals surface area contributed by atoms with Gasteiger partial charge in [-0.15, -0.1) is 35.7 Å². The summed E-state index contributed by atoms with van der Waals surface area (Å²) in [4.78, 5) is 4.83. The molecule has 0 bridgehead atoms. The van der Waals surface area contributed by atoms with E-state index in [0.29, 0.717) is 17.4 Å². The fourth-order valence-corrected chi connectivity index (χ4v) is 7.68. The van der Waals surface area contributed by atoms with Gasteiger partial charge in [0.05, 0.1) is 5.69 Å². The zero-order chi connectivity index (χ0) is 37.1. The summed E-state index contributed by atoms with van der Waals surface area (Å²) < 4.78 is 11.0. The number of hydrogen-bond acceptors (Lipinski definition) is 3. The molecule has 1 unspecified atom stereocenters. The summed E-state index contributed by atoms with van der Waals surface area (Å²) in [6, 6.07) is 37.5. The molecule has 0 spiro atoms. The molecule has 3 aromatic heterocycles. The van der Waals surface area contributed by atoms with E-state index in [4.69, 9.17) is 14.8 Å². The Morgan fingerprint density at radius 3 is 2.35 bits per heavy atom. The van der Waals surface area contributed by atoms with Gasteiger partial charge in [-0.25, -0.2) is 4.98 Å². The first-order chi connectivity index (χ1) is 25.7. The summed E-state index contributed by atoms with van der Waals surface area (Å²) in [6.45, 7) is 15.5. The molecule has 0 aliphatic heterocycles. The van der Waals surface area contributed by atoms with E-state index in [-0.39, 0.29) is 21.1 Å². The number of unbranched alkanes of at least 4 members (excludes halogenated alkanes) is 2. The molecule has 7 aromatic rings. The Morgan fingerprint density at radius 1 is 0.778 bits per heavy atom. The van der Waals surface area contributed by atoms with E-state index in [0.717, 1.165) is 69.2 Å². The zero-order valence-corrected chi connectivity index (χ0v) is 35.1. The summed E-state index contributed by atoms with van der Waals surface area (Å²) in [6.07, 6.45) is 10.0. The van der Waals surface area contributed by atoms with Crippen LogP contribution >= 0.6 is 0 Å². The largest absolute Gasteiger partial charge is 2.00 e. The van der Waals surface area contributed by atoms with E-state index in [1.807, 2.05) is 23.0 Å². The molecule has 54 heavy (non-hydrogen) atoms. The molecule has 6 heteroatoms. The molecular weight excluding hydrogens is 844 g/mol. The predicted octanol–water partition coefficient (Wildman–Crippen LogP) is 13.0. The molecule has 0 saturated heterocycles. The van der Waals surface area contributed by atoms with Crippen molar-refractivity contribution in [2.24, 2.45) is 5.92 Å². The van der Waals surface area contributed by atoms with Gasteiger partial charge in [0, 0.05) is 34.5 Å². The maximum absolute atomic E-state index is 6.71. The monoisotopic (exact) mass is 895 g/mol. The first kappa shape index (κ1) is 39.2. The van der Waals surface area contributed by atoms with Crippen LogP contribution in [0.1, 0.15) is 100 Å². The number of aryl methyl sites for hydroxylation is 3. The summed E-state index contributed by atoms with van der Waals surface area (Å²) in [5, 5.41) is 7.37. The maximum Gasteiger partial charge on any atom is 2.00 e. The van der Waals surface area contributed by atoms with Crippen LogP contribution in [0.4, 0.5) is 0 Å². The van der Waals surface area contributed by atoms with Crippen LogP contribution in [0.2, 0.25) is 0 Å². The molecular formula is C48H52N4OPt. The van der Waals surface area contributed by atoms with Gasteiger partial charge < -0.3 is 9.30 Å². The minimum Gasteiger partial charge on any atom is -0.509 e. The van der Waals surface area contributed by atoms with Crippen LogP contribution in [0.15, 0.2) is 91.1 Å². The summed E-state index contributed by atoms with van der Waals surface area (Å²) in [7, 11) is 0. The fraction of sp³-hybridized carbons (Fsp3) is 0.333. The Labute approximate surface area is 336 Å². The Bertz CT molecular complexity index is 2350. The van der Waals surface area contributed by atoms with Crippen molar-refractivity contribution >= 4 is 21.8 Å². The molecule has 280 valence electrons. The molecule has 0 aliphatic carbocycles. The predicted molar refractivity (Wildman–Crippen MR) is 220 cm³/mol. The second-order valence-electron chi connectivity index (χ2n) is 15.2. The summed E-state index contributed by atoms with van der Waals surface area (Å²) in [5.41, 5.74) is 11.1. The quantitative estimate of drug-likeness (QED) is 0.0807. The first-order valence-electron chi connectivity index (χ1n) is 19.5. The van der Waals surface area contributed by atoms with Gasteiger partial charge in [-0.3, -0.25) is 4.68 Å². The van der Waals surface area contributed by atoms with Crippen LogP contribution in [0, 0.1) is 38.8 Å². The van der Waals surface area contributed by atoms with Gasteiger partial charge in [-0.1, -0.05) is 114 Å². The standard InChI is InChI=1S/C48H52N4O.Pt/c1-8-9-11-17-37-27-40(52-36(7)48(35(6)50-52)38-18-12-10-13-19-38)30-42(28-37)53-41-21-22-43-44-29-39(34(5)16-14-15-32(2)3)20-23-45(44)51(46(43)31-41)47-26-33(4)24-25-49-47;/h10,12-13,18-29,32,34H,8-9,11,14-17H2,1-7H3;/q-2;+2. The van der Waals surface area contributed by atoms with Gasteiger partial charge in [0.15, 0.2) is 0 Å². The maximum atomic E-state index is 6.71. The molecule has 1 atom stereocenters. The van der Waals surface area contributed by atoms with Gasteiger partial charge in [-0.05, 0) is 85.0 Å². The number of fused-ring (bicyclic) bond motifs is 3. The second kappa shape index (κ2) is 17.3. The minimum atomic E-state index is 0. The van der Waals surface area contributed by atoms with Crippen LogP contribution in [-0.2, 0) is 27.5 Å². The van der Waals surface area contributed by atoms with Crippen molar-refractivity contribution in [3.63, 3.8) is 0 Å². The van der Waals surface area contributed by atoms with E-state index >= 15 is 0 Å². The third-order valence-electron chi connectivity index (χ3n) is 10.6. The van der Waals surface area contributed by atoms with Gasteiger partial charge >= 0.3 is 21.1 Å². The molecule has 0 N–H and O–H groups in total. The van der Waals surface area contributed by atoms with Crippen molar-refractivity contribution in [3.8, 4) is 34.1 Å². The summed E-state index contributed by atoms with van der Waals surface area (Å²) >= 11 is 0. The molecule has 4 aromatic carbocycles. The third-order valence-corrected chi connectivity index (χ3v) is 10.6. The van der Waals surface area contributed by atoms with Crippen molar-refractivity contribution < 1.29 is 25.8 Å². The average molecular weight is 896 g/mol. The van der Waals surface area contributed by atoms with Crippen LogP contribution < -0.4 is 4.74 Å². The van der Waals surface area contributed by atoms with E-state index < -0.39 is 0 Å². The van der Waals surface area contributed by atoms with Crippen molar-refractivity contribution in [2.75, 3.05) is 0 Å². The fourth-order valence-electron chi connectivity index (χ4n) is 7.68. The molecule has 0 aliphatic rings. The van der Waals surface area contributed by atoms with E-state index in [1.54, 1.807) is 0 Å². The number of ether oxygens (including phenoxy) is 1. The number of benzene rings is 4. The number of hydrogen-bond donors (Lipinski definition) is 0.